The molecular formula is C8H14O6S. The normalized spacial score (nSPS) is 11.1. The number of methoxy groups -OCH3 is 1. The molecular weight excluding hydrogens is 224 g/mol. The Hall–Kier alpha value is -0.950. The van der Waals surface area contributed by atoms with Crippen molar-refractivity contribution >= 4 is 21.6 Å². The fourth-order valence-corrected chi connectivity index (χ4v) is 2.00. The van der Waals surface area contributed by atoms with Gasteiger partial charge in [-0.15, -0.1) is 0 Å². The van der Waals surface area contributed by atoms with Gasteiger partial charge in [0, 0.05) is 7.11 Å². The van der Waals surface area contributed by atoms with Crippen LogP contribution < -0.4 is 0 Å². The molecule has 0 aliphatic heterocycles. The molecule has 7 heteroatoms. The lowest BCUT2D eigenvalue weighted by molar-refractivity contribution is -0.139. The van der Waals surface area contributed by atoms with Gasteiger partial charge in [0.05, 0.1) is 6.61 Å². The summed E-state index contributed by atoms with van der Waals surface area (Å²) >= 11 is 0. The average Bonchev–Trinajstić information content (AvgIpc) is 2.01. The molecule has 0 unspecified atom stereocenters. The van der Waals surface area contributed by atoms with Crippen LogP contribution in [0.2, 0.25) is 0 Å². The van der Waals surface area contributed by atoms with Crippen LogP contribution in [-0.2, 0) is 28.9 Å². The Kier molecular flexibility index (Phi) is 6.11. The van der Waals surface area contributed by atoms with Crippen LogP contribution in [0.15, 0.2) is 0 Å². The van der Waals surface area contributed by atoms with E-state index in [4.69, 9.17) is 0 Å². The fourth-order valence-electron chi connectivity index (χ4n) is 0.881. The van der Waals surface area contributed by atoms with E-state index in [0.717, 1.165) is 0 Å². The second-order valence-electron chi connectivity index (χ2n) is 2.81. The van der Waals surface area contributed by atoms with Crippen LogP contribution in [0, 0.1) is 0 Å². The molecule has 0 rings (SSSR count). The molecule has 0 bridgehead atoms. The largest absolute Gasteiger partial charge is 0.465 e. The molecule has 0 saturated carbocycles. The molecule has 0 aromatic rings. The minimum atomic E-state index is -3.73. The SMILES string of the molecule is CCOC(=O)CS(=O)(=O)CC(=O)COC. The van der Waals surface area contributed by atoms with E-state index >= 15 is 0 Å². The number of sulfone groups is 1. The van der Waals surface area contributed by atoms with E-state index in [0.29, 0.717) is 0 Å². The number of hydrogen-bond acceptors (Lipinski definition) is 6. The van der Waals surface area contributed by atoms with Crippen molar-refractivity contribution in [2.24, 2.45) is 0 Å². The Morgan fingerprint density at radius 2 is 1.80 bits per heavy atom. The highest BCUT2D eigenvalue weighted by atomic mass is 32.2. The smallest absolute Gasteiger partial charge is 0.321 e. The summed E-state index contributed by atoms with van der Waals surface area (Å²) in [6, 6.07) is 0. The van der Waals surface area contributed by atoms with Crippen molar-refractivity contribution in [3.05, 3.63) is 0 Å². The van der Waals surface area contributed by atoms with Crippen molar-refractivity contribution in [2.45, 2.75) is 6.92 Å². The molecule has 0 aromatic carbocycles. The van der Waals surface area contributed by atoms with E-state index in [2.05, 4.69) is 9.47 Å². The minimum Gasteiger partial charge on any atom is -0.465 e. The quantitative estimate of drug-likeness (QED) is 0.538. The summed E-state index contributed by atoms with van der Waals surface area (Å²) in [5.41, 5.74) is 0. The lowest BCUT2D eigenvalue weighted by atomic mass is 10.5. The maximum Gasteiger partial charge on any atom is 0.321 e. The van der Waals surface area contributed by atoms with Gasteiger partial charge < -0.3 is 9.47 Å². The highest BCUT2D eigenvalue weighted by Crippen LogP contribution is 1.94. The predicted octanol–water partition coefficient (Wildman–Crippen LogP) is -0.820. The molecule has 0 aliphatic rings. The Balaban J connectivity index is 4.19. The van der Waals surface area contributed by atoms with Crippen LogP contribution >= 0.6 is 0 Å². The molecule has 0 spiro atoms. The molecule has 0 aromatic heterocycles. The number of carbonyl (C=O) groups is 2. The zero-order valence-electron chi connectivity index (χ0n) is 8.69. The van der Waals surface area contributed by atoms with Crippen LogP contribution in [0.5, 0.6) is 0 Å². The van der Waals surface area contributed by atoms with Gasteiger partial charge in [0.25, 0.3) is 0 Å². The maximum atomic E-state index is 11.2. The van der Waals surface area contributed by atoms with Crippen LogP contribution in [0.25, 0.3) is 0 Å². The lowest BCUT2D eigenvalue weighted by Gasteiger charge is -2.03. The Morgan fingerprint density at radius 3 is 2.27 bits per heavy atom. The predicted molar refractivity (Wildman–Crippen MR) is 52.2 cm³/mol. The number of ketones is 1. The Morgan fingerprint density at radius 1 is 1.20 bits per heavy atom. The van der Waals surface area contributed by atoms with Gasteiger partial charge in [0.1, 0.15) is 18.1 Å². The third-order valence-corrected chi connectivity index (χ3v) is 2.77. The first-order chi connectivity index (χ1) is 6.91. The first-order valence-corrected chi connectivity index (χ1v) is 6.10. The summed E-state index contributed by atoms with van der Waals surface area (Å²) < 4.78 is 31.4. The van der Waals surface area contributed by atoms with Crippen molar-refractivity contribution in [1.29, 1.82) is 0 Å². The summed E-state index contributed by atoms with van der Waals surface area (Å²) in [5.74, 6) is -2.89. The summed E-state index contributed by atoms with van der Waals surface area (Å²) in [6.07, 6.45) is 0. The van der Waals surface area contributed by atoms with Crippen LogP contribution in [0.3, 0.4) is 0 Å². The minimum absolute atomic E-state index is 0.111. The third kappa shape index (κ3) is 7.03. The van der Waals surface area contributed by atoms with E-state index in [9.17, 15) is 18.0 Å². The van der Waals surface area contributed by atoms with Gasteiger partial charge in [-0.1, -0.05) is 0 Å². The van der Waals surface area contributed by atoms with Crippen molar-refractivity contribution in [2.75, 3.05) is 31.8 Å². The van der Waals surface area contributed by atoms with Crippen LogP contribution in [0.4, 0.5) is 0 Å². The average molecular weight is 238 g/mol. The molecule has 0 amide bonds. The monoisotopic (exact) mass is 238 g/mol. The van der Waals surface area contributed by atoms with E-state index in [-0.39, 0.29) is 13.2 Å². The number of Topliss-reactive ketones (excluding diaryl/α,β-unsaturated/α-hetero) is 1. The summed E-state index contributed by atoms with van der Waals surface area (Å²) in [7, 11) is -2.44. The molecule has 0 fully saturated rings. The molecule has 15 heavy (non-hydrogen) atoms. The van der Waals surface area contributed by atoms with Crippen LogP contribution in [0.1, 0.15) is 6.92 Å². The van der Waals surface area contributed by atoms with E-state index in [1.54, 1.807) is 6.92 Å². The van der Waals surface area contributed by atoms with Crippen LogP contribution in [-0.4, -0.2) is 52.0 Å². The van der Waals surface area contributed by atoms with Gasteiger partial charge in [0.15, 0.2) is 15.6 Å². The van der Waals surface area contributed by atoms with E-state index < -0.39 is 33.1 Å². The standard InChI is InChI=1S/C8H14O6S/c1-3-14-8(10)6-15(11,12)5-7(9)4-13-2/h3-6H2,1-2H3. The van der Waals surface area contributed by atoms with Crippen molar-refractivity contribution in [3.63, 3.8) is 0 Å². The third-order valence-electron chi connectivity index (χ3n) is 1.33. The first kappa shape index (κ1) is 14.1. The highest BCUT2D eigenvalue weighted by molar-refractivity contribution is 7.92. The van der Waals surface area contributed by atoms with Crippen molar-refractivity contribution in [3.8, 4) is 0 Å². The fraction of sp³-hybridized carbons (Fsp3) is 0.750. The highest BCUT2D eigenvalue weighted by Gasteiger charge is 2.21. The summed E-state index contributed by atoms with van der Waals surface area (Å²) in [5, 5.41) is 0. The van der Waals surface area contributed by atoms with E-state index in [1.165, 1.54) is 7.11 Å². The number of hydrogen-bond donors (Lipinski definition) is 0. The topological polar surface area (TPSA) is 86.7 Å². The summed E-state index contributed by atoms with van der Waals surface area (Å²) in [6.45, 7) is 1.41. The maximum absolute atomic E-state index is 11.2. The number of rotatable bonds is 7. The van der Waals surface area contributed by atoms with Crippen molar-refractivity contribution < 1.29 is 27.5 Å². The number of esters is 1. The lowest BCUT2D eigenvalue weighted by Crippen LogP contribution is -2.26. The zero-order chi connectivity index (χ0) is 11.9. The molecule has 88 valence electrons. The van der Waals surface area contributed by atoms with Gasteiger partial charge in [-0.3, -0.25) is 9.59 Å². The van der Waals surface area contributed by atoms with Crippen molar-refractivity contribution in [1.82, 2.24) is 0 Å². The summed E-state index contributed by atoms with van der Waals surface area (Å²) in [4.78, 5) is 21.8. The Bertz CT molecular complexity index is 292. The second kappa shape index (κ2) is 6.52. The second-order valence-corrected chi connectivity index (χ2v) is 4.87. The van der Waals surface area contributed by atoms with Gasteiger partial charge in [-0.25, -0.2) is 8.42 Å². The first-order valence-electron chi connectivity index (χ1n) is 4.28. The van der Waals surface area contributed by atoms with Gasteiger partial charge in [0.2, 0.25) is 0 Å². The van der Waals surface area contributed by atoms with Gasteiger partial charge in [-0.2, -0.15) is 0 Å². The number of carbonyl (C=O) groups excluding carboxylic acids is 2. The van der Waals surface area contributed by atoms with Gasteiger partial charge in [-0.05, 0) is 6.92 Å². The number of ether oxygens (including phenoxy) is 2. The Labute approximate surface area is 88.5 Å². The van der Waals surface area contributed by atoms with Gasteiger partial charge >= 0.3 is 5.97 Å². The zero-order valence-corrected chi connectivity index (χ0v) is 9.50. The molecule has 0 aliphatic carbocycles. The molecule has 0 saturated heterocycles. The molecule has 0 heterocycles. The molecule has 0 radical (unpaired) electrons. The molecule has 0 N–H and O–H groups in total. The molecule has 0 atom stereocenters. The van der Waals surface area contributed by atoms with E-state index in [1.807, 2.05) is 0 Å². The molecule has 6 nitrogen and oxygen atoms in total.